The van der Waals surface area contributed by atoms with Crippen LogP contribution in [0.5, 0.6) is 5.75 Å². The van der Waals surface area contributed by atoms with E-state index < -0.39 is 8.60 Å². The molecule has 0 aliphatic heterocycles. The van der Waals surface area contributed by atoms with Gasteiger partial charge >= 0.3 is 8.60 Å². The molecule has 0 aromatic heterocycles. The fourth-order valence-electron chi connectivity index (χ4n) is 3.68. The zero-order valence-electron chi connectivity index (χ0n) is 21.1. The molecule has 5 heteroatoms. The molecule has 3 nitrogen and oxygen atoms in total. The SMILES string of the molecule is CCCCCCCCCCCCOP(OF)Oc1c(C(C)(C)C)cccc1C(C)(C)C. The van der Waals surface area contributed by atoms with Gasteiger partial charge in [-0.05, 0) is 21.8 Å². The van der Waals surface area contributed by atoms with Crippen LogP contribution in [0.4, 0.5) is 4.53 Å². The summed E-state index contributed by atoms with van der Waals surface area (Å²) in [5.74, 6) is 0.689. The van der Waals surface area contributed by atoms with E-state index in [1.54, 1.807) is 0 Å². The topological polar surface area (TPSA) is 27.7 Å². The molecule has 1 aromatic rings. The van der Waals surface area contributed by atoms with Crippen LogP contribution in [0.3, 0.4) is 0 Å². The van der Waals surface area contributed by atoms with Crippen molar-refractivity contribution in [1.82, 2.24) is 0 Å². The highest BCUT2D eigenvalue weighted by atomic mass is 31.2. The minimum absolute atomic E-state index is 0.134. The van der Waals surface area contributed by atoms with Gasteiger partial charge in [0.05, 0.1) is 6.61 Å². The highest BCUT2D eigenvalue weighted by Gasteiger charge is 2.29. The lowest BCUT2D eigenvalue weighted by Gasteiger charge is -2.30. The Morgan fingerprint density at radius 2 is 1.19 bits per heavy atom. The summed E-state index contributed by atoms with van der Waals surface area (Å²) in [6, 6.07) is 6.12. The number of hydrogen-bond acceptors (Lipinski definition) is 3. The molecule has 1 atom stereocenters. The predicted octanol–water partition coefficient (Wildman–Crippen LogP) is 9.73. The lowest BCUT2D eigenvalue weighted by Crippen LogP contribution is -2.19. The lowest BCUT2D eigenvalue weighted by molar-refractivity contribution is -0.0256. The Bertz CT molecular complexity index is 575. The van der Waals surface area contributed by atoms with Gasteiger partial charge in [0.15, 0.2) is 0 Å². The van der Waals surface area contributed by atoms with Gasteiger partial charge in [-0.15, -0.1) is 0 Å². The first kappa shape index (κ1) is 28.3. The van der Waals surface area contributed by atoms with E-state index in [1.807, 2.05) is 18.2 Å². The summed E-state index contributed by atoms with van der Waals surface area (Å²) in [5, 5.41) is 0. The molecular formula is C26H46FO3P. The van der Waals surface area contributed by atoms with Crippen molar-refractivity contribution in [2.24, 2.45) is 0 Å². The Morgan fingerprint density at radius 3 is 1.61 bits per heavy atom. The molecule has 0 saturated carbocycles. The Hall–Kier alpha value is -0.700. The maximum atomic E-state index is 13.3. The molecule has 0 heterocycles. The van der Waals surface area contributed by atoms with Gasteiger partial charge in [-0.25, -0.2) is 0 Å². The van der Waals surface area contributed by atoms with E-state index in [0.717, 1.165) is 24.0 Å². The third kappa shape index (κ3) is 11.1. The molecule has 0 bridgehead atoms. The van der Waals surface area contributed by atoms with Crippen LogP contribution in [0.2, 0.25) is 0 Å². The van der Waals surface area contributed by atoms with Gasteiger partial charge in [-0.1, -0.05) is 129 Å². The highest BCUT2D eigenvalue weighted by molar-refractivity contribution is 7.42. The monoisotopic (exact) mass is 456 g/mol. The number of hydrogen-bond donors (Lipinski definition) is 0. The molecule has 0 saturated heterocycles. The molecule has 1 aromatic carbocycles. The van der Waals surface area contributed by atoms with Crippen LogP contribution >= 0.6 is 8.60 Å². The molecule has 0 fully saturated rings. The van der Waals surface area contributed by atoms with Crippen molar-refractivity contribution in [3.05, 3.63) is 29.3 Å². The molecule has 0 N–H and O–H groups in total. The van der Waals surface area contributed by atoms with Gasteiger partial charge < -0.3 is 9.05 Å². The normalized spacial score (nSPS) is 13.4. The second kappa shape index (κ2) is 14.4. The first-order valence-corrected chi connectivity index (χ1v) is 13.2. The zero-order valence-corrected chi connectivity index (χ0v) is 22.0. The molecule has 0 spiro atoms. The van der Waals surface area contributed by atoms with Crippen LogP contribution in [-0.4, -0.2) is 6.61 Å². The van der Waals surface area contributed by atoms with Crippen molar-refractivity contribution in [2.75, 3.05) is 6.61 Å². The molecule has 31 heavy (non-hydrogen) atoms. The van der Waals surface area contributed by atoms with E-state index in [0.29, 0.717) is 12.4 Å². The molecule has 0 aliphatic carbocycles. The first-order chi connectivity index (χ1) is 14.6. The molecule has 1 unspecified atom stereocenters. The van der Waals surface area contributed by atoms with Crippen molar-refractivity contribution in [2.45, 2.75) is 124 Å². The number of benzene rings is 1. The Morgan fingerprint density at radius 1 is 0.742 bits per heavy atom. The van der Waals surface area contributed by atoms with Crippen LogP contribution in [0, 0.1) is 0 Å². The van der Waals surface area contributed by atoms with Crippen LogP contribution in [0.25, 0.3) is 0 Å². The summed E-state index contributed by atoms with van der Waals surface area (Å²) in [5.41, 5.74) is 1.80. The van der Waals surface area contributed by atoms with Crippen LogP contribution in [-0.2, 0) is 20.1 Å². The van der Waals surface area contributed by atoms with Gasteiger partial charge in [-0.3, -0.25) is 0 Å². The first-order valence-electron chi connectivity index (χ1n) is 12.1. The summed E-state index contributed by atoms with van der Waals surface area (Å²) in [6.45, 7) is 15.5. The van der Waals surface area contributed by atoms with Crippen molar-refractivity contribution < 1.29 is 18.3 Å². The number of unbranched alkanes of at least 4 members (excludes halogenated alkanes) is 9. The number of rotatable bonds is 15. The molecule has 1 rings (SSSR count). The van der Waals surface area contributed by atoms with E-state index in [4.69, 9.17) is 9.05 Å². The lowest BCUT2D eigenvalue weighted by atomic mass is 9.80. The maximum Gasteiger partial charge on any atom is 0.431 e. The fraction of sp³-hybridized carbons (Fsp3) is 0.769. The van der Waals surface area contributed by atoms with Crippen molar-refractivity contribution in [3.63, 3.8) is 0 Å². The van der Waals surface area contributed by atoms with E-state index in [-0.39, 0.29) is 10.8 Å². The van der Waals surface area contributed by atoms with Gasteiger partial charge in [0.1, 0.15) is 5.75 Å². The summed E-state index contributed by atoms with van der Waals surface area (Å²) in [7, 11) is -2.06. The third-order valence-corrected chi connectivity index (χ3v) is 6.39. The largest absolute Gasteiger partial charge is 0.431 e. The average molecular weight is 457 g/mol. The van der Waals surface area contributed by atoms with Crippen LogP contribution in [0.1, 0.15) is 124 Å². The van der Waals surface area contributed by atoms with Gasteiger partial charge in [-0.2, -0.15) is 0 Å². The maximum absolute atomic E-state index is 13.3. The number of para-hydroxylation sites is 1. The Labute approximate surface area is 192 Å². The summed E-state index contributed by atoms with van der Waals surface area (Å²) >= 11 is 0. The molecule has 0 aliphatic rings. The molecule has 0 radical (unpaired) electrons. The predicted molar refractivity (Wildman–Crippen MR) is 131 cm³/mol. The van der Waals surface area contributed by atoms with Crippen LogP contribution in [0.15, 0.2) is 18.2 Å². The smallest absolute Gasteiger partial charge is 0.425 e. The summed E-state index contributed by atoms with van der Waals surface area (Å²) < 4.78 is 29.0. The second-order valence-electron chi connectivity index (χ2n) is 10.6. The van der Waals surface area contributed by atoms with Gasteiger partial charge in [0.2, 0.25) is 0 Å². The van der Waals surface area contributed by atoms with E-state index >= 15 is 0 Å². The van der Waals surface area contributed by atoms with Crippen molar-refractivity contribution in [3.8, 4) is 5.75 Å². The average Bonchev–Trinajstić information content (AvgIpc) is 2.69. The standard InChI is InChI=1S/C26H46FO3P/c1-8-9-10-11-12-13-14-15-16-17-21-28-31(30-27)29-24-22(25(2,3)4)19-18-20-23(24)26(5,6)7/h18-20H,8-17,21H2,1-7H3. The molecule has 0 amide bonds. The minimum Gasteiger partial charge on any atom is -0.425 e. The molecule has 180 valence electrons. The quantitative estimate of drug-likeness (QED) is 0.194. The number of halogens is 1. The van der Waals surface area contributed by atoms with Gasteiger partial charge in [0, 0.05) is 11.1 Å². The van der Waals surface area contributed by atoms with Crippen molar-refractivity contribution in [1.29, 1.82) is 0 Å². The minimum atomic E-state index is -2.06. The van der Waals surface area contributed by atoms with Crippen molar-refractivity contribution >= 4 is 8.60 Å². The summed E-state index contributed by atoms with van der Waals surface area (Å²) in [6.07, 6.45) is 12.5. The Kier molecular flexibility index (Phi) is 13.2. The van der Waals surface area contributed by atoms with E-state index in [2.05, 4.69) is 53.2 Å². The zero-order chi connectivity index (χ0) is 23.3. The van der Waals surface area contributed by atoms with Crippen LogP contribution < -0.4 is 4.52 Å². The fourth-order valence-corrected chi connectivity index (χ4v) is 4.42. The van der Waals surface area contributed by atoms with Gasteiger partial charge in [0.25, 0.3) is 0 Å². The third-order valence-electron chi connectivity index (χ3n) is 5.55. The highest BCUT2D eigenvalue weighted by Crippen LogP contribution is 2.48. The summed E-state index contributed by atoms with van der Waals surface area (Å²) in [4.78, 5) is 0. The second-order valence-corrected chi connectivity index (χ2v) is 11.6. The van der Waals surface area contributed by atoms with E-state index in [9.17, 15) is 4.53 Å². The molecular weight excluding hydrogens is 410 g/mol. The Balaban J connectivity index is 2.51. The van der Waals surface area contributed by atoms with E-state index in [1.165, 1.54) is 51.4 Å².